The molecule has 0 aromatic carbocycles. The smallest absolute Gasteiger partial charge is 0.0433 e. The van der Waals surface area contributed by atoms with Crippen LogP contribution in [-0.2, 0) is 0 Å². The molecule has 1 N–H and O–H groups in total. The van der Waals surface area contributed by atoms with E-state index in [1.54, 1.807) is 0 Å². The largest absolute Gasteiger partial charge is 0.396 e. The number of aliphatic hydroxyl groups excluding tert-OH is 1. The number of unbranched alkanes of at least 4 members (excludes halogenated alkanes) is 3. The first-order valence-corrected chi connectivity index (χ1v) is 12.9. The van der Waals surface area contributed by atoms with Gasteiger partial charge in [-0.05, 0) is 57.9 Å². The molecule has 0 amide bonds. The average Bonchev–Trinajstić information content (AvgIpc) is 3.21. The van der Waals surface area contributed by atoms with Gasteiger partial charge in [0.05, 0.1) is 0 Å². The Bertz CT molecular complexity index is 435. The Hall–Kier alpha value is 0.620. The van der Waals surface area contributed by atoms with Crippen molar-refractivity contribution in [1.82, 2.24) is 4.90 Å². The number of thioether (sulfide) groups is 2. The topological polar surface area (TPSA) is 23.5 Å². The van der Waals surface area contributed by atoms with Crippen molar-refractivity contribution in [2.24, 2.45) is 0 Å². The maximum atomic E-state index is 9.05. The number of hydrogen-bond donors (Lipinski definition) is 1. The zero-order chi connectivity index (χ0) is 22.2. The Morgan fingerprint density at radius 1 is 0.700 bits per heavy atom. The molecule has 0 aliphatic heterocycles. The van der Waals surface area contributed by atoms with E-state index in [0.29, 0.717) is 6.61 Å². The maximum absolute atomic E-state index is 9.05. The summed E-state index contributed by atoms with van der Waals surface area (Å²) in [5.41, 5.74) is 0. The van der Waals surface area contributed by atoms with Crippen molar-refractivity contribution in [3.8, 4) is 0 Å². The first-order valence-electron chi connectivity index (χ1n) is 11.3. The summed E-state index contributed by atoms with van der Waals surface area (Å²) >= 11 is 3.94. The standard InChI is InChI=1S/C26H41NOS2/c1-25(2,3)29-23-15-11-13-21(23)19-27(17-9-7-8-10-18-28)20-22-14-12-16-24(22)30-26(4,5)6/h11-16,28H,7-10,17-20H2,1-6H3. The monoisotopic (exact) mass is 447 g/mol. The molecule has 0 bridgehead atoms. The van der Waals surface area contributed by atoms with E-state index in [2.05, 4.69) is 85.0 Å². The molecule has 30 heavy (non-hydrogen) atoms. The van der Waals surface area contributed by atoms with Crippen LogP contribution in [0.4, 0.5) is 0 Å². The van der Waals surface area contributed by atoms with Gasteiger partial charge in [0.15, 0.2) is 0 Å². The summed E-state index contributed by atoms with van der Waals surface area (Å²) in [6.45, 7) is 17.1. The van der Waals surface area contributed by atoms with Gasteiger partial charge >= 0.3 is 0 Å². The molecular formula is C26H41NOS2. The summed E-state index contributed by atoms with van der Waals surface area (Å²) in [4.78, 5) is 2.61. The first-order chi connectivity index (χ1) is 14.1. The van der Waals surface area contributed by atoms with E-state index >= 15 is 0 Å². The molecule has 168 valence electrons. The van der Waals surface area contributed by atoms with Gasteiger partial charge in [-0.15, -0.1) is 23.5 Å². The van der Waals surface area contributed by atoms with Crippen molar-refractivity contribution in [2.45, 2.75) is 76.7 Å². The second kappa shape index (κ2) is 12.8. The van der Waals surface area contributed by atoms with Gasteiger partial charge in [0, 0.05) is 51.5 Å². The molecule has 10 radical (unpaired) electrons. The molecule has 2 rings (SSSR count). The molecule has 2 aliphatic rings. The Balaban J connectivity index is 1.95. The molecule has 0 heterocycles. The van der Waals surface area contributed by atoms with Gasteiger partial charge in [-0.2, -0.15) is 0 Å². The Kier molecular flexibility index (Phi) is 11.4. The number of hydrogen-bond acceptors (Lipinski definition) is 4. The summed E-state index contributed by atoms with van der Waals surface area (Å²) in [5.74, 6) is 2.89. The van der Waals surface area contributed by atoms with Crippen LogP contribution < -0.4 is 0 Å². The fourth-order valence-electron chi connectivity index (χ4n) is 3.50. The summed E-state index contributed by atoms with van der Waals surface area (Å²) in [6.07, 6.45) is 17.9. The minimum absolute atomic E-state index is 0.223. The second-order valence-corrected chi connectivity index (χ2v) is 13.8. The average molecular weight is 448 g/mol. The summed E-state index contributed by atoms with van der Waals surface area (Å²) in [5, 5.41) is 11.9. The fraction of sp³-hybridized carbons (Fsp3) is 0.615. The predicted molar refractivity (Wildman–Crippen MR) is 135 cm³/mol. The Morgan fingerprint density at radius 3 is 1.60 bits per heavy atom. The highest BCUT2D eigenvalue weighted by Crippen LogP contribution is 2.49. The summed E-state index contributed by atoms with van der Waals surface area (Å²) < 4.78 is 0.445. The van der Waals surface area contributed by atoms with Crippen LogP contribution in [0.2, 0.25) is 0 Å². The predicted octanol–water partition coefficient (Wildman–Crippen LogP) is 6.37. The SMILES string of the molecule is CC(C)(C)S[C]1[CH][CH][CH][C]1CN(CCCCCCO)C[C]1[CH][CH][CH][C]1SC(C)(C)C. The van der Waals surface area contributed by atoms with Gasteiger partial charge in [0.1, 0.15) is 0 Å². The molecule has 2 saturated carbocycles. The Labute approximate surface area is 197 Å². The molecule has 0 saturated heterocycles. The van der Waals surface area contributed by atoms with Crippen molar-refractivity contribution in [2.75, 3.05) is 26.2 Å². The minimum Gasteiger partial charge on any atom is -0.396 e. The third-order valence-corrected chi connectivity index (χ3v) is 7.19. The fourth-order valence-corrected chi connectivity index (χ4v) is 5.64. The van der Waals surface area contributed by atoms with Gasteiger partial charge in [-0.25, -0.2) is 0 Å². The zero-order valence-corrected chi connectivity index (χ0v) is 21.5. The van der Waals surface area contributed by atoms with Crippen molar-refractivity contribution in [3.63, 3.8) is 0 Å². The molecule has 4 heteroatoms. The van der Waals surface area contributed by atoms with E-state index in [4.69, 9.17) is 5.11 Å². The van der Waals surface area contributed by atoms with Crippen LogP contribution in [0.15, 0.2) is 0 Å². The summed E-state index contributed by atoms with van der Waals surface area (Å²) in [6, 6.07) is 0. The highest BCUT2D eigenvalue weighted by Gasteiger charge is 2.37. The van der Waals surface area contributed by atoms with Crippen LogP contribution in [0.3, 0.4) is 0 Å². The zero-order valence-electron chi connectivity index (χ0n) is 19.8. The summed E-state index contributed by atoms with van der Waals surface area (Å²) in [7, 11) is 0. The van der Waals surface area contributed by atoms with Crippen molar-refractivity contribution in [1.29, 1.82) is 0 Å². The van der Waals surface area contributed by atoms with Crippen LogP contribution in [-0.4, -0.2) is 45.7 Å². The van der Waals surface area contributed by atoms with E-state index in [0.717, 1.165) is 32.5 Å². The highest BCUT2D eigenvalue weighted by molar-refractivity contribution is 8.04. The molecule has 0 unspecified atom stereocenters. The van der Waals surface area contributed by atoms with Gasteiger partial charge < -0.3 is 10.0 Å². The number of aliphatic hydroxyl groups is 1. The van der Waals surface area contributed by atoms with Crippen LogP contribution in [0.5, 0.6) is 0 Å². The van der Waals surface area contributed by atoms with E-state index < -0.39 is 0 Å². The van der Waals surface area contributed by atoms with Crippen LogP contribution >= 0.6 is 23.5 Å². The molecule has 2 aliphatic carbocycles. The quantitative estimate of drug-likeness (QED) is 0.351. The third kappa shape index (κ3) is 10.5. The van der Waals surface area contributed by atoms with Crippen molar-refractivity contribution in [3.05, 3.63) is 60.9 Å². The van der Waals surface area contributed by atoms with E-state index in [1.165, 1.54) is 35.2 Å². The van der Waals surface area contributed by atoms with Gasteiger partial charge in [0.2, 0.25) is 0 Å². The second-order valence-electron chi connectivity index (χ2n) is 10.1. The first kappa shape index (κ1) is 26.9. The van der Waals surface area contributed by atoms with Crippen molar-refractivity contribution >= 4 is 23.5 Å². The Morgan fingerprint density at radius 2 is 1.17 bits per heavy atom. The van der Waals surface area contributed by atoms with Gasteiger partial charge in [0.25, 0.3) is 0 Å². The lowest BCUT2D eigenvalue weighted by Crippen LogP contribution is -2.35. The molecule has 0 aromatic heterocycles. The normalized spacial score (nSPS) is 20.8. The molecule has 2 fully saturated rings. The molecule has 0 aromatic rings. The van der Waals surface area contributed by atoms with Crippen molar-refractivity contribution < 1.29 is 5.11 Å². The lowest BCUT2D eigenvalue weighted by atomic mass is 10.0. The molecule has 2 nitrogen and oxygen atoms in total. The van der Waals surface area contributed by atoms with Crippen LogP contribution in [0, 0.1) is 60.9 Å². The van der Waals surface area contributed by atoms with Crippen LogP contribution in [0.25, 0.3) is 0 Å². The number of rotatable bonds is 12. The van der Waals surface area contributed by atoms with Gasteiger partial charge in [-0.3, -0.25) is 0 Å². The highest BCUT2D eigenvalue weighted by atomic mass is 32.2. The minimum atomic E-state index is 0.223. The lowest BCUT2D eigenvalue weighted by molar-refractivity contribution is 0.273. The van der Waals surface area contributed by atoms with Gasteiger partial charge in [-0.1, -0.05) is 54.4 Å². The van der Waals surface area contributed by atoms with E-state index in [-0.39, 0.29) is 9.49 Å². The third-order valence-electron chi connectivity index (χ3n) is 4.73. The maximum Gasteiger partial charge on any atom is 0.0433 e. The number of nitrogens with zero attached hydrogens (tertiary/aromatic N) is 1. The molecular weight excluding hydrogens is 406 g/mol. The lowest BCUT2D eigenvalue weighted by Gasteiger charge is -2.33. The van der Waals surface area contributed by atoms with E-state index in [9.17, 15) is 0 Å². The van der Waals surface area contributed by atoms with E-state index in [1.807, 2.05) is 23.5 Å². The molecule has 0 atom stereocenters. The molecule has 0 spiro atoms. The van der Waals surface area contributed by atoms with Crippen LogP contribution in [0.1, 0.15) is 67.2 Å².